The number of anilines is 1. The van der Waals surface area contributed by atoms with E-state index in [4.69, 9.17) is 10.5 Å². The first-order valence-electron chi connectivity index (χ1n) is 5.92. The molecule has 19 heavy (non-hydrogen) atoms. The molecule has 5 heteroatoms. The van der Waals surface area contributed by atoms with E-state index in [1.54, 1.807) is 6.07 Å². The quantitative estimate of drug-likeness (QED) is 0.691. The number of nitrogens with zero attached hydrogens (tertiary/aromatic N) is 1. The van der Waals surface area contributed by atoms with Gasteiger partial charge in [-0.15, -0.1) is 11.3 Å². The molecule has 0 spiro atoms. The molecule has 1 aromatic heterocycles. The second kappa shape index (κ2) is 5.40. The molecule has 0 aliphatic carbocycles. The van der Waals surface area contributed by atoms with Crippen LogP contribution in [0.2, 0.25) is 0 Å². The van der Waals surface area contributed by atoms with Crippen molar-refractivity contribution in [1.29, 1.82) is 0 Å². The molecule has 0 aliphatic rings. The molecule has 0 atom stereocenters. The first-order chi connectivity index (χ1) is 8.97. The van der Waals surface area contributed by atoms with Crippen LogP contribution in [0.1, 0.15) is 32.2 Å². The van der Waals surface area contributed by atoms with Crippen molar-refractivity contribution in [3.8, 4) is 0 Å². The van der Waals surface area contributed by atoms with Crippen molar-refractivity contribution in [2.75, 3.05) is 5.73 Å². The minimum Gasteiger partial charge on any atom is -0.455 e. The standard InChI is InChI=1S/C14H16N2O2S/c1-8-4-9(2)12(15)5-11(8)14(17)18-6-13-16-10(3)7-19-13/h4-5,7H,6,15H2,1-3H3. The number of ether oxygens (including phenoxy) is 1. The van der Waals surface area contributed by atoms with Gasteiger partial charge < -0.3 is 10.5 Å². The fourth-order valence-corrected chi connectivity index (χ4v) is 2.45. The van der Waals surface area contributed by atoms with Gasteiger partial charge >= 0.3 is 5.97 Å². The van der Waals surface area contributed by atoms with Gasteiger partial charge in [-0.1, -0.05) is 6.07 Å². The zero-order valence-corrected chi connectivity index (χ0v) is 12.0. The van der Waals surface area contributed by atoms with E-state index in [9.17, 15) is 4.79 Å². The van der Waals surface area contributed by atoms with E-state index in [0.717, 1.165) is 21.8 Å². The summed E-state index contributed by atoms with van der Waals surface area (Å²) in [5.41, 5.74) is 9.70. The monoisotopic (exact) mass is 276 g/mol. The molecule has 0 bridgehead atoms. The highest BCUT2D eigenvalue weighted by Gasteiger charge is 2.13. The second-order valence-corrected chi connectivity index (χ2v) is 5.43. The molecule has 0 unspecified atom stereocenters. The van der Waals surface area contributed by atoms with Crippen LogP contribution in [0, 0.1) is 20.8 Å². The van der Waals surface area contributed by atoms with Crippen molar-refractivity contribution < 1.29 is 9.53 Å². The summed E-state index contributed by atoms with van der Waals surface area (Å²) in [7, 11) is 0. The lowest BCUT2D eigenvalue weighted by molar-refractivity contribution is 0.0471. The van der Waals surface area contributed by atoms with Gasteiger partial charge in [0.2, 0.25) is 0 Å². The van der Waals surface area contributed by atoms with Crippen molar-refractivity contribution in [2.24, 2.45) is 0 Å². The molecule has 0 aliphatic heterocycles. The minimum absolute atomic E-state index is 0.199. The molecule has 1 aromatic carbocycles. The van der Waals surface area contributed by atoms with E-state index >= 15 is 0 Å². The largest absolute Gasteiger partial charge is 0.455 e. The lowest BCUT2D eigenvalue weighted by atomic mass is 10.0. The highest BCUT2D eigenvalue weighted by molar-refractivity contribution is 7.09. The van der Waals surface area contributed by atoms with Gasteiger partial charge in [-0.3, -0.25) is 0 Å². The van der Waals surface area contributed by atoms with Gasteiger partial charge in [-0.2, -0.15) is 0 Å². The first kappa shape index (κ1) is 13.5. The summed E-state index contributed by atoms with van der Waals surface area (Å²) < 4.78 is 5.26. The molecule has 1 heterocycles. The van der Waals surface area contributed by atoms with Gasteiger partial charge in [0, 0.05) is 16.8 Å². The van der Waals surface area contributed by atoms with E-state index in [1.165, 1.54) is 11.3 Å². The Hall–Kier alpha value is -1.88. The summed E-state index contributed by atoms with van der Waals surface area (Å²) in [5, 5.41) is 2.72. The zero-order chi connectivity index (χ0) is 14.0. The number of aromatic nitrogens is 1. The summed E-state index contributed by atoms with van der Waals surface area (Å²) in [4.78, 5) is 16.3. The number of carbonyl (C=O) groups excluding carboxylic acids is 1. The van der Waals surface area contributed by atoms with Crippen LogP contribution < -0.4 is 5.73 Å². The fourth-order valence-electron chi connectivity index (χ4n) is 1.76. The number of esters is 1. The number of hydrogen-bond donors (Lipinski definition) is 1. The van der Waals surface area contributed by atoms with Gasteiger partial charge in [0.05, 0.1) is 5.56 Å². The molecule has 2 aromatic rings. The van der Waals surface area contributed by atoms with Crippen LogP contribution >= 0.6 is 11.3 Å². The van der Waals surface area contributed by atoms with Crippen molar-refractivity contribution in [1.82, 2.24) is 4.98 Å². The van der Waals surface area contributed by atoms with Crippen molar-refractivity contribution in [2.45, 2.75) is 27.4 Å². The molecule has 0 saturated heterocycles. The summed E-state index contributed by atoms with van der Waals surface area (Å²) in [5.74, 6) is -0.364. The third-order valence-electron chi connectivity index (χ3n) is 2.83. The normalized spacial score (nSPS) is 10.5. The maximum absolute atomic E-state index is 12.0. The molecule has 2 N–H and O–H groups in total. The Morgan fingerprint density at radius 3 is 2.68 bits per heavy atom. The Bertz CT molecular complexity index is 620. The lowest BCUT2D eigenvalue weighted by Crippen LogP contribution is -2.08. The highest BCUT2D eigenvalue weighted by atomic mass is 32.1. The molecule has 4 nitrogen and oxygen atoms in total. The van der Waals surface area contributed by atoms with Crippen molar-refractivity contribution >= 4 is 23.0 Å². The van der Waals surface area contributed by atoms with Crippen LogP contribution in [0.3, 0.4) is 0 Å². The third-order valence-corrected chi connectivity index (χ3v) is 3.77. The predicted octanol–water partition coefficient (Wildman–Crippen LogP) is 3.01. The van der Waals surface area contributed by atoms with Crippen molar-refractivity contribution in [3.05, 3.63) is 44.9 Å². The van der Waals surface area contributed by atoms with Gasteiger partial charge in [-0.05, 0) is 38.0 Å². The molecule has 0 saturated carbocycles. The number of rotatable bonds is 3. The topological polar surface area (TPSA) is 65.2 Å². The Morgan fingerprint density at radius 2 is 2.05 bits per heavy atom. The maximum Gasteiger partial charge on any atom is 0.338 e. The van der Waals surface area contributed by atoms with Crippen LogP contribution in [-0.4, -0.2) is 11.0 Å². The molecular weight excluding hydrogens is 260 g/mol. The van der Waals surface area contributed by atoms with Gasteiger partial charge in [0.1, 0.15) is 11.6 Å². The number of carbonyl (C=O) groups is 1. The van der Waals surface area contributed by atoms with E-state index in [-0.39, 0.29) is 12.6 Å². The van der Waals surface area contributed by atoms with E-state index in [1.807, 2.05) is 32.2 Å². The van der Waals surface area contributed by atoms with Crippen molar-refractivity contribution in [3.63, 3.8) is 0 Å². The predicted molar refractivity (Wildman–Crippen MR) is 76.3 cm³/mol. The number of hydrogen-bond acceptors (Lipinski definition) is 5. The van der Waals surface area contributed by atoms with E-state index in [2.05, 4.69) is 4.98 Å². The SMILES string of the molecule is Cc1csc(COC(=O)c2cc(N)c(C)cc2C)n1. The number of benzene rings is 1. The van der Waals surface area contributed by atoms with Gasteiger partial charge in [-0.25, -0.2) is 9.78 Å². The Balaban J connectivity index is 2.10. The second-order valence-electron chi connectivity index (χ2n) is 4.48. The zero-order valence-electron chi connectivity index (χ0n) is 11.2. The average Bonchev–Trinajstić information content (AvgIpc) is 2.77. The molecule has 0 radical (unpaired) electrons. The van der Waals surface area contributed by atoms with Crippen LogP contribution in [0.15, 0.2) is 17.5 Å². The van der Waals surface area contributed by atoms with E-state index < -0.39 is 0 Å². The molecular formula is C14H16N2O2S. The highest BCUT2D eigenvalue weighted by Crippen LogP contribution is 2.19. The number of nitrogen functional groups attached to an aromatic ring is 1. The first-order valence-corrected chi connectivity index (χ1v) is 6.80. The average molecular weight is 276 g/mol. The Kier molecular flexibility index (Phi) is 3.85. The summed E-state index contributed by atoms with van der Waals surface area (Å²) in [6, 6.07) is 3.56. The van der Waals surface area contributed by atoms with Gasteiger partial charge in [0.15, 0.2) is 0 Å². The summed E-state index contributed by atoms with van der Waals surface area (Å²) in [6.45, 7) is 5.89. The van der Waals surface area contributed by atoms with Crippen LogP contribution in [0.25, 0.3) is 0 Å². The fraction of sp³-hybridized carbons (Fsp3) is 0.286. The van der Waals surface area contributed by atoms with Crippen LogP contribution in [0.4, 0.5) is 5.69 Å². The minimum atomic E-state index is -0.364. The molecule has 0 amide bonds. The molecule has 100 valence electrons. The third kappa shape index (κ3) is 3.12. The van der Waals surface area contributed by atoms with Gasteiger partial charge in [0.25, 0.3) is 0 Å². The van der Waals surface area contributed by atoms with Crippen LogP contribution in [-0.2, 0) is 11.3 Å². The number of aryl methyl sites for hydroxylation is 3. The van der Waals surface area contributed by atoms with Crippen LogP contribution in [0.5, 0.6) is 0 Å². The summed E-state index contributed by atoms with van der Waals surface area (Å²) in [6.07, 6.45) is 0. The maximum atomic E-state index is 12.0. The lowest BCUT2D eigenvalue weighted by Gasteiger charge is -2.09. The molecule has 2 rings (SSSR count). The Morgan fingerprint density at radius 1 is 1.32 bits per heavy atom. The number of thiazole rings is 1. The Labute approximate surface area is 116 Å². The molecule has 0 fully saturated rings. The van der Waals surface area contributed by atoms with E-state index in [0.29, 0.717) is 11.3 Å². The smallest absolute Gasteiger partial charge is 0.338 e. The number of nitrogens with two attached hydrogens (primary N) is 1. The summed E-state index contributed by atoms with van der Waals surface area (Å²) >= 11 is 1.48.